The average molecular weight is 269 g/mol. The van der Waals surface area contributed by atoms with Crippen molar-refractivity contribution >= 4 is 0 Å². The third-order valence-corrected chi connectivity index (χ3v) is 4.02. The Bertz CT molecular complexity index is 585. The maximum absolute atomic E-state index is 4.49. The first kappa shape index (κ1) is 13.4. The highest BCUT2D eigenvalue weighted by Crippen LogP contribution is 2.20. The minimum Gasteiger partial charge on any atom is -0.333 e. The molecule has 3 heteroatoms. The molecule has 0 aliphatic heterocycles. The van der Waals surface area contributed by atoms with Crippen LogP contribution in [0.4, 0.5) is 0 Å². The van der Waals surface area contributed by atoms with E-state index in [1.54, 1.807) is 0 Å². The van der Waals surface area contributed by atoms with Crippen LogP contribution in [0.25, 0.3) is 0 Å². The van der Waals surface area contributed by atoms with Crippen molar-refractivity contribution in [2.45, 2.75) is 52.7 Å². The number of aryl methyl sites for hydroxylation is 3. The van der Waals surface area contributed by atoms with Gasteiger partial charge in [-0.1, -0.05) is 17.7 Å². The molecule has 0 radical (unpaired) electrons. The molecule has 0 unspecified atom stereocenters. The van der Waals surface area contributed by atoms with E-state index in [9.17, 15) is 0 Å². The van der Waals surface area contributed by atoms with Gasteiger partial charge >= 0.3 is 0 Å². The molecule has 1 heterocycles. The number of nitrogens with zero attached hydrogens (tertiary/aromatic N) is 2. The first-order valence-corrected chi connectivity index (χ1v) is 7.42. The smallest absolute Gasteiger partial charge is 0.0953 e. The number of benzene rings is 1. The molecule has 0 spiro atoms. The van der Waals surface area contributed by atoms with Gasteiger partial charge in [0.1, 0.15) is 0 Å². The van der Waals surface area contributed by atoms with Crippen molar-refractivity contribution in [1.29, 1.82) is 0 Å². The summed E-state index contributed by atoms with van der Waals surface area (Å²) in [6, 6.07) is 5.26. The lowest BCUT2D eigenvalue weighted by Gasteiger charge is -2.11. The van der Waals surface area contributed by atoms with Crippen LogP contribution in [-0.2, 0) is 13.1 Å². The number of hydrogen-bond donors (Lipinski definition) is 1. The Kier molecular flexibility index (Phi) is 3.62. The highest BCUT2D eigenvalue weighted by Gasteiger charge is 2.20. The molecule has 1 saturated carbocycles. The summed E-state index contributed by atoms with van der Waals surface area (Å²) in [5, 5.41) is 3.50. The molecule has 3 rings (SSSR count). The van der Waals surface area contributed by atoms with E-state index in [4.69, 9.17) is 0 Å². The standard InChI is InChI=1S/C17H23N3/c1-12-6-13(2)17(14(3)7-12)10-20-9-16(19-11-20)8-18-15-4-5-15/h6-7,9,11,15,18H,4-5,8,10H2,1-3H3. The summed E-state index contributed by atoms with van der Waals surface area (Å²) in [6.07, 6.45) is 6.75. The van der Waals surface area contributed by atoms with E-state index in [0.29, 0.717) is 0 Å². The van der Waals surface area contributed by atoms with Crippen LogP contribution in [0.1, 0.15) is 40.8 Å². The largest absolute Gasteiger partial charge is 0.333 e. The highest BCUT2D eigenvalue weighted by molar-refractivity contribution is 5.37. The van der Waals surface area contributed by atoms with Crippen LogP contribution in [0, 0.1) is 20.8 Å². The van der Waals surface area contributed by atoms with E-state index in [1.165, 1.54) is 35.1 Å². The monoisotopic (exact) mass is 269 g/mol. The molecular formula is C17H23N3. The van der Waals surface area contributed by atoms with Crippen molar-refractivity contribution < 1.29 is 0 Å². The minimum atomic E-state index is 0.738. The predicted octanol–water partition coefficient (Wildman–Crippen LogP) is 3.11. The maximum Gasteiger partial charge on any atom is 0.0953 e. The Morgan fingerprint density at radius 3 is 2.55 bits per heavy atom. The van der Waals surface area contributed by atoms with Crippen molar-refractivity contribution in [1.82, 2.24) is 14.9 Å². The second-order valence-electron chi connectivity index (χ2n) is 6.07. The van der Waals surface area contributed by atoms with Gasteiger partial charge in [0.05, 0.1) is 12.0 Å². The quantitative estimate of drug-likeness (QED) is 0.904. The van der Waals surface area contributed by atoms with Gasteiger partial charge < -0.3 is 9.88 Å². The Morgan fingerprint density at radius 2 is 1.90 bits per heavy atom. The summed E-state index contributed by atoms with van der Waals surface area (Å²) in [4.78, 5) is 4.49. The number of nitrogens with one attached hydrogen (secondary N) is 1. The molecule has 0 amide bonds. The fourth-order valence-corrected chi connectivity index (χ4v) is 2.76. The van der Waals surface area contributed by atoms with Gasteiger partial charge in [-0.25, -0.2) is 4.98 Å². The molecule has 1 aliphatic rings. The molecule has 0 bridgehead atoms. The van der Waals surface area contributed by atoms with Crippen LogP contribution in [-0.4, -0.2) is 15.6 Å². The normalized spacial score (nSPS) is 14.8. The zero-order valence-corrected chi connectivity index (χ0v) is 12.6. The Hall–Kier alpha value is -1.61. The molecule has 3 nitrogen and oxygen atoms in total. The molecule has 0 saturated heterocycles. The van der Waals surface area contributed by atoms with Gasteiger partial charge in [-0.3, -0.25) is 0 Å². The first-order valence-electron chi connectivity index (χ1n) is 7.42. The van der Waals surface area contributed by atoms with Crippen molar-refractivity contribution in [3.8, 4) is 0 Å². The summed E-state index contributed by atoms with van der Waals surface area (Å²) in [7, 11) is 0. The third kappa shape index (κ3) is 3.10. The minimum absolute atomic E-state index is 0.738. The van der Waals surface area contributed by atoms with Crippen molar-refractivity contribution in [2.75, 3.05) is 0 Å². The first-order chi connectivity index (χ1) is 9.61. The Labute approximate surface area is 121 Å². The molecular weight excluding hydrogens is 246 g/mol. The molecule has 20 heavy (non-hydrogen) atoms. The van der Waals surface area contributed by atoms with Gasteiger partial charge in [0, 0.05) is 25.3 Å². The zero-order chi connectivity index (χ0) is 14.1. The molecule has 1 fully saturated rings. The zero-order valence-electron chi connectivity index (χ0n) is 12.6. The summed E-state index contributed by atoms with van der Waals surface area (Å²) in [6.45, 7) is 8.35. The molecule has 0 atom stereocenters. The van der Waals surface area contributed by atoms with Crippen LogP contribution in [0.5, 0.6) is 0 Å². The van der Waals surface area contributed by atoms with E-state index in [0.717, 1.165) is 24.8 Å². The lowest BCUT2D eigenvalue weighted by atomic mass is 10.00. The second-order valence-corrected chi connectivity index (χ2v) is 6.07. The third-order valence-electron chi connectivity index (χ3n) is 4.02. The molecule has 2 aromatic rings. The van der Waals surface area contributed by atoms with Gasteiger partial charge in [0.25, 0.3) is 0 Å². The lowest BCUT2D eigenvalue weighted by Crippen LogP contribution is -2.15. The summed E-state index contributed by atoms with van der Waals surface area (Å²) in [5.41, 5.74) is 6.63. The van der Waals surface area contributed by atoms with Crippen LogP contribution in [0.3, 0.4) is 0 Å². The van der Waals surface area contributed by atoms with Crippen molar-refractivity contribution in [3.05, 3.63) is 52.6 Å². The summed E-state index contributed by atoms with van der Waals surface area (Å²) in [5.74, 6) is 0. The van der Waals surface area contributed by atoms with E-state index < -0.39 is 0 Å². The molecule has 106 valence electrons. The van der Waals surface area contributed by atoms with E-state index >= 15 is 0 Å². The maximum atomic E-state index is 4.49. The van der Waals surface area contributed by atoms with Gasteiger partial charge in [0.15, 0.2) is 0 Å². The van der Waals surface area contributed by atoms with Crippen LogP contribution >= 0.6 is 0 Å². The van der Waals surface area contributed by atoms with E-state index in [1.807, 2.05) is 6.33 Å². The Morgan fingerprint density at radius 1 is 1.20 bits per heavy atom. The van der Waals surface area contributed by atoms with Crippen molar-refractivity contribution in [3.63, 3.8) is 0 Å². The fraction of sp³-hybridized carbons (Fsp3) is 0.471. The van der Waals surface area contributed by atoms with Crippen molar-refractivity contribution in [2.24, 2.45) is 0 Å². The molecule has 1 aromatic heterocycles. The Balaban J connectivity index is 1.70. The predicted molar refractivity (Wildman–Crippen MR) is 81.8 cm³/mol. The summed E-state index contributed by atoms with van der Waals surface area (Å²) < 4.78 is 2.19. The van der Waals surface area contributed by atoms with Gasteiger partial charge in [0.2, 0.25) is 0 Å². The van der Waals surface area contributed by atoms with Crippen LogP contribution < -0.4 is 5.32 Å². The fourth-order valence-electron chi connectivity index (χ4n) is 2.76. The number of aromatic nitrogens is 2. The van der Waals surface area contributed by atoms with E-state index in [2.05, 4.69) is 54.0 Å². The van der Waals surface area contributed by atoms with Gasteiger partial charge in [-0.2, -0.15) is 0 Å². The van der Waals surface area contributed by atoms with Crippen LogP contribution in [0.15, 0.2) is 24.7 Å². The highest BCUT2D eigenvalue weighted by atomic mass is 15.1. The molecule has 1 aromatic carbocycles. The SMILES string of the molecule is Cc1cc(C)c(Cn2cnc(CNC3CC3)c2)c(C)c1. The number of rotatable bonds is 5. The van der Waals surface area contributed by atoms with E-state index in [-0.39, 0.29) is 0 Å². The molecule has 1 aliphatic carbocycles. The lowest BCUT2D eigenvalue weighted by molar-refractivity contribution is 0.675. The van der Waals surface area contributed by atoms with Gasteiger partial charge in [-0.05, 0) is 50.3 Å². The summed E-state index contributed by atoms with van der Waals surface area (Å²) >= 11 is 0. The second kappa shape index (κ2) is 5.41. The number of imidazole rings is 1. The van der Waals surface area contributed by atoms with Crippen LogP contribution in [0.2, 0.25) is 0 Å². The average Bonchev–Trinajstić information content (AvgIpc) is 3.11. The number of hydrogen-bond acceptors (Lipinski definition) is 2. The topological polar surface area (TPSA) is 29.9 Å². The van der Waals surface area contributed by atoms with Gasteiger partial charge in [-0.15, -0.1) is 0 Å². The molecule has 1 N–H and O–H groups in total.